The summed E-state index contributed by atoms with van der Waals surface area (Å²) in [4.78, 5) is 13.1. The first-order valence-electron chi connectivity index (χ1n) is 9.30. The number of amides is 1. The molecule has 0 fully saturated rings. The minimum atomic E-state index is -3.52. The van der Waals surface area contributed by atoms with E-state index in [0.717, 1.165) is 17.7 Å². The van der Waals surface area contributed by atoms with Gasteiger partial charge in [0.15, 0.2) is 5.11 Å². The minimum Gasteiger partial charge on any atom is -0.332 e. The van der Waals surface area contributed by atoms with Crippen LogP contribution < -0.4 is 10.6 Å². The average Bonchev–Trinajstić information content (AvgIpc) is 3.20. The molecule has 2 rings (SSSR count). The van der Waals surface area contributed by atoms with Crippen LogP contribution in [-0.2, 0) is 14.8 Å². The second-order valence-electron chi connectivity index (χ2n) is 6.22. The molecule has 9 heteroatoms. The Morgan fingerprint density at radius 3 is 2.34 bits per heavy atom. The summed E-state index contributed by atoms with van der Waals surface area (Å²) in [5.74, 6) is -0.343. The molecule has 0 spiro atoms. The van der Waals surface area contributed by atoms with E-state index >= 15 is 0 Å². The van der Waals surface area contributed by atoms with E-state index in [-0.39, 0.29) is 15.9 Å². The van der Waals surface area contributed by atoms with Gasteiger partial charge < -0.3 is 5.32 Å². The zero-order valence-corrected chi connectivity index (χ0v) is 18.9. The highest BCUT2D eigenvalue weighted by Gasteiger charge is 2.22. The summed E-state index contributed by atoms with van der Waals surface area (Å²) in [6, 6.07) is 10.1. The average molecular weight is 452 g/mol. The van der Waals surface area contributed by atoms with Crippen LogP contribution in [0.1, 0.15) is 31.6 Å². The Balaban J connectivity index is 1.97. The van der Waals surface area contributed by atoms with Crippen LogP contribution >= 0.6 is 23.6 Å². The fourth-order valence-electron chi connectivity index (χ4n) is 2.57. The second kappa shape index (κ2) is 11.2. The van der Waals surface area contributed by atoms with Crippen LogP contribution in [0, 0.1) is 0 Å². The quantitative estimate of drug-likeness (QED) is 0.444. The SMILES string of the molecule is CCCN(CCC)S(=O)(=O)c1ccc(NC(=S)NC(=O)/C=C/c2cccs2)cc1. The fraction of sp³-hybridized carbons (Fsp3) is 0.300. The third kappa shape index (κ3) is 7.04. The molecule has 1 heterocycles. The van der Waals surface area contributed by atoms with Gasteiger partial charge in [-0.05, 0) is 66.8 Å². The molecule has 0 saturated carbocycles. The predicted octanol–water partition coefficient (Wildman–Crippen LogP) is 4.09. The van der Waals surface area contributed by atoms with Crippen molar-refractivity contribution in [2.24, 2.45) is 0 Å². The maximum absolute atomic E-state index is 12.8. The van der Waals surface area contributed by atoms with Crippen molar-refractivity contribution in [1.29, 1.82) is 0 Å². The summed E-state index contributed by atoms with van der Waals surface area (Å²) in [6.45, 7) is 4.89. The van der Waals surface area contributed by atoms with Gasteiger partial charge in [0.25, 0.3) is 0 Å². The lowest BCUT2D eigenvalue weighted by Gasteiger charge is -2.21. The maximum Gasteiger partial charge on any atom is 0.250 e. The standard InChI is InChI=1S/C20H25N3O3S3/c1-3-13-23(14-4-2)29(25,26)18-10-7-16(8-11-18)21-20(27)22-19(24)12-9-17-6-5-15-28-17/h5-12,15H,3-4,13-14H2,1-2H3,(H2,21,22,24,27)/b12-9+. The molecule has 0 atom stereocenters. The molecular weight excluding hydrogens is 426 g/mol. The molecule has 1 aromatic heterocycles. The van der Waals surface area contributed by atoms with E-state index in [4.69, 9.17) is 12.2 Å². The molecular formula is C20H25N3O3S3. The molecule has 1 aromatic carbocycles. The van der Waals surface area contributed by atoms with Crippen molar-refractivity contribution in [2.45, 2.75) is 31.6 Å². The van der Waals surface area contributed by atoms with Gasteiger partial charge in [-0.15, -0.1) is 11.3 Å². The number of rotatable bonds is 9. The summed E-state index contributed by atoms with van der Waals surface area (Å²) in [5, 5.41) is 7.51. The number of thiophene rings is 1. The maximum atomic E-state index is 12.8. The fourth-order valence-corrected chi connectivity index (χ4v) is 5.03. The van der Waals surface area contributed by atoms with Gasteiger partial charge in [-0.3, -0.25) is 10.1 Å². The Morgan fingerprint density at radius 2 is 1.79 bits per heavy atom. The predicted molar refractivity (Wildman–Crippen MR) is 123 cm³/mol. The van der Waals surface area contributed by atoms with E-state index in [9.17, 15) is 13.2 Å². The molecule has 2 N–H and O–H groups in total. The van der Waals surface area contributed by atoms with E-state index in [0.29, 0.717) is 18.8 Å². The first kappa shape index (κ1) is 23.2. The highest BCUT2D eigenvalue weighted by atomic mass is 32.2. The summed E-state index contributed by atoms with van der Waals surface area (Å²) in [5.41, 5.74) is 0.592. The van der Waals surface area contributed by atoms with Crippen LogP contribution in [0.15, 0.2) is 52.7 Å². The monoisotopic (exact) mass is 451 g/mol. The van der Waals surface area contributed by atoms with Gasteiger partial charge in [0, 0.05) is 29.7 Å². The number of carbonyl (C=O) groups is 1. The Labute approximate surface area is 181 Å². The van der Waals surface area contributed by atoms with E-state index in [2.05, 4.69) is 10.6 Å². The van der Waals surface area contributed by atoms with Crippen molar-refractivity contribution in [3.05, 3.63) is 52.7 Å². The smallest absolute Gasteiger partial charge is 0.250 e. The third-order valence-corrected chi connectivity index (χ3v) is 6.83. The van der Waals surface area contributed by atoms with E-state index in [1.807, 2.05) is 31.4 Å². The van der Waals surface area contributed by atoms with Crippen LogP contribution in [0.25, 0.3) is 6.08 Å². The number of nitrogens with zero attached hydrogens (tertiary/aromatic N) is 1. The van der Waals surface area contributed by atoms with Crippen molar-refractivity contribution < 1.29 is 13.2 Å². The third-order valence-electron chi connectivity index (χ3n) is 3.87. The molecule has 1 amide bonds. The van der Waals surface area contributed by atoms with E-state index in [1.54, 1.807) is 18.2 Å². The second-order valence-corrected chi connectivity index (χ2v) is 9.55. The first-order valence-corrected chi connectivity index (χ1v) is 12.0. The Bertz CT molecular complexity index is 931. The van der Waals surface area contributed by atoms with Crippen LogP contribution in [0.5, 0.6) is 0 Å². The molecule has 0 aliphatic carbocycles. The zero-order valence-electron chi connectivity index (χ0n) is 16.4. The van der Waals surface area contributed by atoms with Gasteiger partial charge in [0.1, 0.15) is 0 Å². The summed E-state index contributed by atoms with van der Waals surface area (Å²) in [6.07, 6.45) is 4.63. The number of nitrogens with one attached hydrogen (secondary N) is 2. The van der Waals surface area contributed by atoms with E-state index < -0.39 is 10.0 Å². The summed E-state index contributed by atoms with van der Waals surface area (Å²) < 4.78 is 27.1. The molecule has 156 valence electrons. The van der Waals surface area contributed by atoms with Crippen molar-refractivity contribution in [2.75, 3.05) is 18.4 Å². The van der Waals surface area contributed by atoms with E-state index in [1.165, 1.54) is 33.9 Å². The van der Waals surface area contributed by atoms with Crippen molar-refractivity contribution >= 4 is 56.4 Å². The summed E-state index contributed by atoms with van der Waals surface area (Å²) in [7, 11) is -3.52. The minimum absolute atomic E-state index is 0.139. The normalized spacial score (nSPS) is 11.7. The lowest BCUT2D eigenvalue weighted by atomic mass is 10.3. The molecule has 0 aliphatic rings. The van der Waals surface area contributed by atoms with Crippen LogP contribution in [0.4, 0.5) is 5.69 Å². The molecule has 6 nitrogen and oxygen atoms in total. The molecule has 0 aliphatic heterocycles. The number of thiocarbonyl (C=S) groups is 1. The molecule has 0 bridgehead atoms. The molecule has 0 radical (unpaired) electrons. The van der Waals surface area contributed by atoms with Gasteiger partial charge in [-0.1, -0.05) is 19.9 Å². The molecule has 0 unspecified atom stereocenters. The van der Waals surface area contributed by atoms with Gasteiger partial charge in [0.2, 0.25) is 15.9 Å². The van der Waals surface area contributed by atoms with Gasteiger partial charge in [-0.2, -0.15) is 4.31 Å². The number of carbonyl (C=O) groups excluding carboxylic acids is 1. The number of benzene rings is 1. The number of hydrogen-bond acceptors (Lipinski definition) is 5. The van der Waals surface area contributed by atoms with Gasteiger partial charge in [-0.25, -0.2) is 8.42 Å². The number of hydrogen-bond donors (Lipinski definition) is 2. The van der Waals surface area contributed by atoms with Gasteiger partial charge in [0.05, 0.1) is 4.90 Å². The lowest BCUT2D eigenvalue weighted by Crippen LogP contribution is -2.33. The number of anilines is 1. The van der Waals surface area contributed by atoms with Gasteiger partial charge >= 0.3 is 0 Å². The van der Waals surface area contributed by atoms with Crippen molar-refractivity contribution in [3.8, 4) is 0 Å². The molecule has 2 aromatic rings. The van der Waals surface area contributed by atoms with Crippen LogP contribution in [-0.4, -0.2) is 36.8 Å². The number of sulfonamides is 1. The Kier molecular flexibility index (Phi) is 8.97. The molecule has 29 heavy (non-hydrogen) atoms. The summed E-state index contributed by atoms with van der Waals surface area (Å²) >= 11 is 6.67. The molecule has 0 saturated heterocycles. The highest BCUT2D eigenvalue weighted by molar-refractivity contribution is 7.89. The van der Waals surface area contributed by atoms with Crippen molar-refractivity contribution in [3.63, 3.8) is 0 Å². The van der Waals surface area contributed by atoms with Crippen molar-refractivity contribution in [1.82, 2.24) is 9.62 Å². The Morgan fingerprint density at radius 1 is 1.14 bits per heavy atom. The first-order chi connectivity index (χ1) is 13.9. The largest absolute Gasteiger partial charge is 0.332 e. The topological polar surface area (TPSA) is 78.5 Å². The zero-order chi connectivity index (χ0) is 21.3. The van der Waals surface area contributed by atoms with Crippen LogP contribution in [0.2, 0.25) is 0 Å². The van der Waals surface area contributed by atoms with Crippen LogP contribution in [0.3, 0.4) is 0 Å². The Hall–Kier alpha value is -2.07. The lowest BCUT2D eigenvalue weighted by molar-refractivity contribution is -0.115. The highest BCUT2D eigenvalue weighted by Crippen LogP contribution is 2.19.